The van der Waals surface area contributed by atoms with Crippen LogP contribution in [0.25, 0.3) is 6.08 Å². The van der Waals surface area contributed by atoms with Crippen LogP contribution < -0.4 is 14.8 Å². The molecule has 1 fully saturated rings. The van der Waals surface area contributed by atoms with Gasteiger partial charge in [-0.15, -0.1) is 0 Å². The molecular formula is C26H20BrClN2O5S. The van der Waals surface area contributed by atoms with Crippen molar-refractivity contribution in [1.29, 1.82) is 0 Å². The summed E-state index contributed by atoms with van der Waals surface area (Å²) < 4.78 is 11.7. The third kappa shape index (κ3) is 6.29. The number of nitrogens with one attached hydrogen (secondary N) is 1. The molecule has 7 nitrogen and oxygen atoms in total. The van der Waals surface area contributed by atoms with Gasteiger partial charge in [0.15, 0.2) is 18.1 Å². The van der Waals surface area contributed by atoms with Crippen molar-refractivity contribution < 1.29 is 23.9 Å². The van der Waals surface area contributed by atoms with Crippen molar-refractivity contribution in [3.8, 4) is 11.5 Å². The molecular weight excluding hydrogens is 568 g/mol. The number of rotatable bonds is 8. The van der Waals surface area contributed by atoms with Gasteiger partial charge < -0.3 is 14.8 Å². The Morgan fingerprint density at radius 2 is 1.81 bits per heavy atom. The second kappa shape index (κ2) is 11.6. The second-order valence-corrected chi connectivity index (χ2v) is 9.91. The van der Waals surface area contributed by atoms with E-state index >= 15 is 0 Å². The molecule has 0 unspecified atom stereocenters. The van der Waals surface area contributed by atoms with Gasteiger partial charge in [0.05, 0.1) is 18.6 Å². The lowest BCUT2D eigenvalue weighted by Crippen LogP contribution is -2.27. The van der Waals surface area contributed by atoms with Crippen LogP contribution in [0.3, 0.4) is 0 Å². The van der Waals surface area contributed by atoms with E-state index in [0.717, 1.165) is 17.3 Å². The smallest absolute Gasteiger partial charge is 0.293 e. The number of hydrogen-bond acceptors (Lipinski definition) is 6. The van der Waals surface area contributed by atoms with E-state index in [1.165, 1.54) is 12.0 Å². The van der Waals surface area contributed by atoms with Crippen molar-refractivity contribution >= 4 is 68.1 Å². The average molecular weight is 588 g/mol. The molecule has 4 rings (SSSR count). The Kier molecular flexibility index (Phi) is 8.35. The zero-order valence-corrected chi connectivity index (χ0v) is 22.2. The standard InChI is InChI=1S/C26H20BrClN2O5S/c1-34-21-11-17(20(27)13-22(21)35-15-24(31)29-19-5-3-2-4-6-19)12-23-25(32)30(26(33)36-23)14-16-7-9-18(28)10-8-16/h2-13H,14-15H2,1H3,(H,29,31)/b23-12+. The summed E-state index contributed by atoms with van der Waals surface area (Å²) in [5.41, 5.74) is 2.08. The fourth-order valence-electron chi connectivity index (χ4n) is 3.35. The summed E-state index contributed by atoms with van der Waals surface area (Å²) in [7, 11) is 1.48. The first-order chi connectivity index (χ1) is 17.3. The Morgan fingerprint density at radius 3 is 2.50 bits per heavy atom. The van der Waals surface area contributed by atoms with Crippen LogP contribution in [0.4, 0.5) is 10.5 Å². The molecule has 0 spiro atoms. The van der Waals surface area contributed by atoms with Crippen molar-refractivity contribution in [1.82, 2.24) is 4.90 Å². The van der Waals surface area contributed by atoms with E-state index in [1.807, 2.05) is 18.2 Å². The van der Waals surface area contributed by atoms with E-state index in [1.54, 1.807) is 54.6 Å². The molecule has 1 aliphatic heterocycles. The zero-order valence-electron chi connectivity index (χ0n) is 19.0. The van der Waals surface area contributed by atoms with Gasteiger partial charge in [-0.3, -0.25) is 19.3 Å². The summed E-state index contributed by atoms with van der Waals surface area (Å²) in [6.07, 6.45) is 1.62. The molecule has 36 heavy (non-hydrogen) atoms. The lowest BCUT2D eigenvalue weighted by atomic mass is 10.1. The van der Waals surface area contributed by atoms with Crippen molar-refractivity contribution in [3.05, 3.63) is 92.3 Å². The number of amides is 3. The Labute approximate surface area is 225 Å². The van der Waals surface area contributed by atoms with Gasteiger partial charge in [-0.05, 0) is 65.4 Å². The molecule has 3 aromatic rings. The van der Waals surface area contributed by atoms with E-state index in [4.69, 9.17) is 21.1 Å². The van der Waals surface area contributed by atoms with Crippen molar-refractivity contribution in [2.75, 3.05) is 19.0 Å². The second-order valence-electron chi connectivity index (χ2n) is 7.62. The van der Waals surface area contributed by atoms with Crippen LogP contribution in [0.2, 0.25) is 5.02 Å². The van der Waals surface area contributed by atoms with Gasteiger partial charge in [-0.2, -0.15) is 0 Å². The summed E-state index contributed by atoms with van der Waals surface area (Å²) in [4.78, 5) is 39.1. The largest absolute Gasteiger partial charge is 0.493 e. The number of methoxy groups -OCH3 is 1. The number of hydrogen-bond donors (Lipinski definition) is 1. The minimum atomic E-state index is -0.385. The SMILES string of the molecule is COc1cc(/C=C2/SC(=O)N(Cc3ccc(Cl)cc3)C2=O)c(Br)cc1OCC(=O)Nc1ccccc1. The molecule has 3 aromatic carbocycles. The van der Waals surface area contributed by atoms with E-state index in [9.17, 15) is 14.4 Å². The zero-order chi connectivity index (χ0) is 25.7. The van der Waals surface area contributed by atoms with Gasteiger partial charge >= 0.3 is 0 Å². The highest BCUT2D eigenvalue weighted by Gasteiger charge is 2.35. The van der Waals surface area contributed by atoms with Crippen LogP contribution in [-0.4, -0.2) is 35.7 Å². The van der Waals surface area contributed by atoms with Crippen LogP contribution in [0.5, 0.6) is 11.5 Å². The van der Waals surface area contributed by atoms with Gasteiger partial charge in [0.2, 0.25) is 0 Å². The van der Waals surface area contributed by atoms with Crippen LogP contribution >= 0.6 is 39.3 Å². The van der Waals surface area contributed by atoms with E-state index < -0.39 is 0 Å². The Morgan fingerprint density at radius 1 is 1.08 bits per heavy atom. The van der Waals surface area contributed by atoms with Gasteiger partial charge in [0.25, 0.3) is 17.1 Å². The molecule has 1 heterocycles. The highest BCUT2D eigenvalue weighted by Crippen LogP contribution is 2.38. The lowest BCUT2D eigenvalue weighted by molar-refractivity contribution is -0.123. The number of halogens is 2. The van der Waals surface area contributed by atoms with Gasteiger partial charge in [-0.25, -0.2) is 0 Å². The van der Waals surface area contributed by atoms with Crippen LogP contribution in [0.1, 0.15) is 11.1 Å². The van der Waals surface area contributed by atoms with Crippen LogP contribution in [0, 0.1) is 0 Å². The fourth-order valence-corrected chi connectivity index (χ4v) is 4.74. The number of anilines is 1. The minimum Gasteiger partial charge on any atom is -0.493 e. The summed E-state index contributed by atoms with van der Waals surface area (Å²) in [6.45, 7) is -0.0673. The monoisotopic (exact) mass is 586 g/mol. The van der Waals surface area contributed by atoms with E-state index in [0.29, 0.717) is 32.2 Å². The number of carbonyl (C=O) groups is 3. The minimum absolute atomic E-state index is 0.154. The molecule has 0 aliphatic carbocycles. The molecule has 0 radical (unpaired) electrons. The Balaban J connectivity index is 1.47. The number of ether oxygens (including phenoxy) is 2. The Hall–Kier alpha value is -3.27. The molecule has 1 aliphatic rings. The van der Waals surface area contributed by atoms with E-state index in [2.05, 4.69) is 21.2 Å². The fraction of sp³-hybridized carbons (Fsp3) is 0.115. The predicted octanol–water partition coefficient (Wildman–Crippen LogP) is 6.37. The number of nitrogens with zero attached hydrogens (tertiary/aromatic N) is 1. The molecule has 10 heteroatoms. The lowest BCUT2D eigenvalue weighted by Gasteiger charge is -2.13. The summed E-state index contributed by atoms with van der Waals surface area (Å²) in [5.74, 6) is 0.0134. The highest BCUT2D eigenvalue weighted by molar-refractivity contribution is 9.10. The number of carbonyl (C=O) groups excluding carboxylic acids is 3. The van der Waals surface area contributed by atoms with Gasteiger partial charge in [0.1, 0.15) is 0 Å². The molecule has 3 amide bonds. The third-order valence-electron chi connectivity index (χ3n) is 5.11. The average Bonchev–Trinajstić information content (AvgIpc) is 3.13. The molecule has 0 bridgehead atoms. The summed E-state index contributed by atoms with van der Waals surface area (Å²) in [5, 5.41) is 2.97. The summed E-state index contributed by atoms with van der Waals surface area (Å²) in [6, 6.07) is 19.3. The van der Waals surface area contributed by atoms with Crippen molar-refractivity contribution in [2.24, 2.45) is 0 Å². The molecule has 1 N–H and O–H groups in total. The first-order valence-electron chi connectivity index (χ1n) is 10.7. The van der Waals surface area contributed by atoms with Crippen LogP contribution in [-0.2, 0) is 16.1 Å². The predicted molar refractivity (Wildman–Crippen MR) is 144 cm³/mol. The normalized spacial score (nSPS) is 14.3. The van der Waals surface area contributed by atoms with Crippen molar-refractivity contribution in [2.45, 2.75) is 6.54 Å². The number of para-hydroxylation sites is 1. The maximum absolute atomic E-state index is 12.9. The van der Waals surface area contributed by atoms with Crippen LogP contribution in [0.15, 0.2) is 76.1 Å². The molecule has 184 valence electrons. The molecule has 1 saturated heterocycles. The number of imide groups is 1. The Bertz CT molecular complexity index is 1330. The quantitative estimate of drug-likeness (QED) is 0.309. The summed E-state index contributed by atoms with van der Waals surface area (Å²) >= 11 is 10.3. The first-order valence-corrected chi connectivity index (χ1v) is 12.7. The number of benzene rings is 3. The van der Waals surface area contributed by atoms with Gasteiger partial charge in [-0.1, -0.05) is 57.9 Å². The van der Waals surface area contributed by atoms with Gasteiger partial charge in [0, 0.05) is 15.2 Å². The molecule has 0 saturated carbocycles. The maximum Gasteiger partial charge on any atom is 0.293 e. The van der Waals surface area contributed by atoms with Crippen molar-refractivity contribution in [3.63, 3.8) is 0 Å². The number of thioether (sulfide) groups is 1. The third-order valence-corrected chi connectivity index (χ3v) is 6.96. The first kappa shape index (κ1) is 25.8. The maximum atomic E-state index is 12.9. The molecule has 0 atom stereocenters. The van der Waals surface area contributed by atoms with E-state index in [-0.39, 0.29) is 35.1 Å². The topological polar surface area (TPSA) is 84.9 Å². The molecule has 0 aromatic heterocycles. The highest BCUT2D eigenvalue weighted by atomic mass is 79.9.